The lowest BCUT2D eigenvalue weighted by Crippen LogP contribution is -2.00. The van der Waals surface area contributed by atoms with E-state index in [2.05, 4.69) is 9.97 Å². The summed E-state index contributed by atoms with van der Waals surface area (Å²) in [5.41, 5.74) is 0.426. The van der Waals surface area contributed by atoms with Crippen LogP contribution in [-0.4, -0.2) is 9.97 Å². The van der Waals surface area contributed by atoms with E-state index in [-0.39, 0.29) is 16.4 Å². The minimum absolute atomic E-state index is 0.140. The molecule has 1 aromatic carbocycles. The molecular formula is C12H8ClF3N2. The molecule has 0 saturated carbocycles. The van der Waals surface area contributed by atoms with Crippen molar-refractivity contribution < 1.29 is 13.2 Å². The van der Waals surface area contributed by atoms with Crippen LogP contribution >= 0.6 is 11.6 Å². The summed E-state index contributed by atoms with van der Waals surface area (Å²) in [6.45, 7) is 3.16. The van der Waals surface area contributed by atoms with E-state index in [1.807, 2.05) is 0 Å². The molecular weight excluding hydrogens is 265 g/mol. The maximum absolute atomic E-state index is 13.6. The average molecular weight is 273 g/mol. The molecule has 0 fully saturated rings. The van der Waals surface area contributed by atoms with Crippen molar-refractivity contribution in [2.45, 2.75) is 13.8 Å². The minimum atomic E-state index is -1.24. The van der Waals surface area contributed by atoms with Crippen LogP contribution in [0.15, 0.2) is 12.1 Å². The number of hydrogen-bond acceptors (Lipinski definition) is 2. The second-order valence-electron chi connectivity index (χ2n) is 3.78. The Morgan fingerprint density at radius 1 is 0.944 bits per heavy atom. The molecule has 6 heteroatoms. The molecule has 0 bridgehead atoms. The van der Waals surface area contributed by atoms with E-state index in [9.17, 15) is 13.2 Å². The smallest absolute Gasteiger partial charge is 0.161 e. The topological polar surface area (TPSA) is 25.8 Å². The van der Waals surface area contributed by atoms with Gasteiger partial charge in [-0.15, -0.1) is 0 Å². The van der Waals surface area contributed by atoms with Gasteiger partial charge in [-0.1, -0.05) is 11.6 Å². The zero-order valence-corrected chi connectivity index (χ0v) is 10.3. The fourth-order valence-electron chi connectivity index (χ4n) is 1.56. The van der Waals surface area contributed by atoms with Crippen molar-refractivity contribution in [3.8, 4) is 11.3 Å². The molecule has 2 nitrogen and oxygen atoms in total. The Hall–Kier alpha value is -1.62. The molecule has 2 rings (SSSR count). The van der Waals surface area contributed by atoms with E-state index < -0.39 is 17.5 Å². The maximum Gasteiger partial charge on any atom is 0.161 e. The Morgan fingerprint density at radius 3 is 2.22 bits per heavy atom. The van der Waals surface area contributed by atoms with Crippen LogP contribution in [0.3, 0.4) is 0 Å². The summed E-state index contributed by atoms with van der Waals surface area (Å²) >= 11 is 5.85. The number of rotatable bonds is 1. The highest BCUT2D eigenvalue weighted by Gasteiger charge is 2.16. The highest BCUT2D eigenvalue weighted by Crippen LogP contribution is 2.29. The van der Waals surface area contributed by atoms with Crippen molar-refractivity contribution >= 4 is 11.6 Å². The molecule has 0 atom stereocenters. The number of aryl methyl sites for hydroxylation is 1. The SMILES string of the molecule is Cc1nc(Cl)c(C)c(-c2cc(F)c(F)cc2F)n1. The number of nitrogens with zero attached hydrogens (tertiary/aromatic N) is 2. The summed E-state index contributed by atoms with van der Waals surface area (Å²) in [5.74, 6) is -2.96. The summed E-state index contributed by atoms with van der Waals surface area (Å²) in [4.78, 5) is 7.90. The Balaban J connectivity index is 2.73. The highest BCUT2D eigenvalue weighted by molar-refractivity contribution is 6.30. The van der Waals surface area contributed by atoms with Crippen LogP contribution in [0.1, 0.15) is 11.4 Å². The van der Waals surface area contributed by atoms with Gasteiger partial charge in [-0.05, 0) is 19.9 Å². The highest BCUT2D eigenvalue weighted by atomic mass is 35.5. The van der Waals surface area contributed by atoms with Gasteiger partial charge < -0.3 is 0 Å². The molecule has 1 heterocycles. The van der Waals surface area contributed by atoms with Gasteiger partial charge in [0, 0.05) is 17.2 Å². The van der Waals surface area contributed by atoms with Crippen LogP contribution in [0.25, 0.3) is 11.3 Å². The average Bonchev–Trinajstić information content (AvgIpc) is 2.29. The van der Waals surface area contributed by atoms with Crippen molar-refractivity contribution in [3.05, 3.63) is 46.1 Å². The predicted molar refractivity (Wildman–Crippen MR) is 61.8 cm³/mol. The zero-order chi connectivity index (χ0) is 13.4. The Kier molecular flexibility index (Phi) is 3.26. The van der Waals surface area contributed by atoms with Crippen LogP contribution < -0.4 is 0 Å². The molecule has 0 unspecified atom stereocenters. The van der Waals surface area contributed by atoms with E-state index in [1.54, 1.807) is 13.8 Å². The van der Waals surface area contributed by atoms with E-state index in [0.29, 0.717) is 17.5 Å². The summed E-state index contributed by atoms with van der Waals surface area (Å²) in [6.07, 6.45) is 0. The molecule has 1 aromatic heterocycles. The van der Waals surface area contributed by atoms with Gasteiger partial charge in [0.25, 0.3) is 0 Å². The normalized spacial score (nSPS) is 10.8. The number of hydrogen-bond donors (Lipinski definition) is 0. The van der Waals surface area contributed by atoms with Gasteiger partial charge in [0.1, 0.15) is 16.8 Å². The van der Waals surface area contributed by atoms with Crippen LogP contribution in [0, 0.1) is 31.3 Å². The second kappa shape index (κ2) is 4.57. The number of benzene rings is 1. The van der Waals surface area contributed by atoms with Gasteiger partial charge >= 0.3 is 0 Å². The van der Waals surface area contributed by atoms with Crippen molar-refractivity contribution in [3.63, 3.8) is 0 Å². The molecule has 0 aliphatic carbocycles. The van der Waals surface area contributed by atoms with Crippen molar-refractivity contribution in [1.82, 2.24) is 9.97 Å². The third-order valence-electron chi connectivity index (χ3n) is 2.46. The Morgan fingerprint density at radius 2 is 1.56 bits per heavy atom. The number of halogens is 4. The first-order valence-electron chi connectivity index (χ1n) is 5.06. The molecule has 0 saturated heterocycles. The molecule has 94 valence electrons. The van der Waals surface area contributed by atoms with Crippen LogP contribution in [-0.2, 0) is 0 Å². The molecule has 0 amide bonds. The van der Waals surface area contributed by atoms with Crippen LogP contribution in [0.4, 0.5) is 13.2 Å². The van der Waals surface area contributed by atoms with E-state index in [1.165, 1.54) is 0 Å². The monoisotopic (exact) mass is 272 g/mol. The van der Waals surface area contributed by atoms with Gasteiger partial charge in [0.05, 0.1) is 5.69 Å². The van der Waals surface area contributed by atoms with Gasteiger partial charge in [0.2, 0.25) is 0 Å². The molecule has 0 radical (unpaired) electrons. The minimum Gasteiger partial charge on any atom is -0.233 e. The summed E-state index contributed by atoms with van der Waals surface area (Å²) in [7, 11) is 0. The lowest BCUT2D eigenvalue weighted by Gasteiger charge is -2.09. The fourth-order valence-corrected chi connectivity index (χ4v) is 1.77. The van der Waals surface area contributed by atoms with Crippen molar-refractivity contribution in [2.75, 3.05) is 0 Å². The lowest BCUT2D eigenvalue weighted by atomic mass is 10.1. The zero-order valence-electron chi connectivity index (χ0n) is 9.56. The second-order valence-corrected chi connectivity index (χ2v) is 4.14. The molecule has 0 aliphatic heterocycles. The summed E-state index contributed by atoms with van der Waals surface area (Å²) in [6, 6.07) is 1.24. The van der Waals surface area contributed by atoms with Gasteiger partial charge in [-0.25, -0.2) is 23.1 Å². The molecule has 0 N–H and O–H groups in total. The van der Waals surface area contributed by atoms with Crippen LogP contribution in [0.2, 0.25) is 5.15 Å². The molecule has 0 aliphatic rings. The van der Waals surface area contributed by atoms with Gasteiger partial charge in [0.15, 0.2) is 11.6 Å². The summed E-state index contributed by atoms with van der Waals surface area (Å²) in [5, 5.41) is 0.154. The third-order valence-corrected chi connectivity index (χ3v) is 2.83. The van der Waals surface area contributed by atoms with E-state index >= 15 is 0 Å². The van der Waals surface area contributed by atoms with Gasteiger partial charge in [-0.3, -0.25) is 0 Å². The Bertz CT molecular complexity index is 629. The predicted octanol–water partition coefficient (Wildman–Crippen LogP) is 3.83. The van der Waals surface area contributed by atoms with E-state index in [0.717, 1.165) is 6.07 Å². The first kappa shape index (κ1) is 12.8. The summed E-state index contributed by atoms with van der Waals surface area (Å²) < 4.78 is 39.7. The molecule has 0 spiro atoms. The quantitative estimate of drug-likeness (QED) is 0.582. The molecule has 2 aromatic rings. The third kappa shape index (κ3) is 2.18. The fraction of sp³-hybridized carbons (Fsp3) is 0.167. The maximum atomic E-state index is 13.6. The standard InChI is InChI=1S/C12H8ClF3N2/c1-5-11(17-6(2)18-12(5)13)7-3-9(15)10(16)4-8(7)14/h3-4H,1-2H3. The van der Waals surface area contributed by atoms with Crippen molar-refractivity contribution in [2.24, 2.45) is 0 Å². The Labute approximate surface area is 106 Å². The number of aromatic nitrogens is 2. The largest absolute Gasteiger partial charge is 0.233 e. The van der Waals surface area contributed by atoms with Gasteiger partial charge in [-0.2, -0.15) is 0 Å². The first-order valence-corrected chi connectivity index (χ1v) is 5.43. The molecule has 18 heavy (non-hydrogen) atoms. The lowest BCUT2D eigenvalue weighted by molar-refractivity contribution is 0.496. The van der Waals surface area contributed by atoms with E-state index in [4.69, 9.17) is 11.6 Å². The first-order chi connectivity index (χ1) is 8.40. The van der Waals surface area contributed by atoms with Crippen molar-refractivity contribution in [1.29, 1.82) is 0 Å². The van der Waals surface area contributed by atoms with Crippen LogP contribution in [0.5, 0.6) is 0 Å².